The molecule has 0 fully saturated rings. The molecular formula is C10H13N3O. The fourth-order valence-corrected chi connectivity index (χ4v) is 1.29. The molecule has 74 valence electrons. The smallest absolute Gasteiger partial charge is 0.139 e. The molecule has 3 N–H and O–H groups in total. The van der Waals surface area contributed by atoms with Crippen LogP contribution in [-0.2, 0) is 0 Å². The fraction of sp³-hybridized carbons (Fsp3) is 0.300. The molecule has 0 aliphatic heterocycles. The molecule has 0 saturated carbocycles. The Morgan fingerprint density at radius 1 is 1.57 bits per heavy atom. The average molecular weight is 191 g/mol. The van der Waals surface area contributed by atoms with E-state index >= 15 is 0 Å². The lowest BCUT2D eigenvalue weighted by Crippen LogP contribution is -2.25. The maximum absolute atomic E-state index is 5.65. The minimum Gasteiger partial charge on any atom is -0.464 e. The average Bonchev–Trinajstić information content (AvgIpc) is 2.62. The third kappa shape index (κ3) is 1.70. The van der Waals surface area contributed by atoms with Crippen LogP contribution in [0.2, 0.25) is 0 Å². The van der Waals surface area contributed by atoms with Gasteiger partial charge in [-0.2, -0.15) is 0 Å². The van der Waals surface area contributed by atoms with Crippen LogP contribution >= 0.6 is 0 Å². The van der Waals surface area contributed by atoms with Crippen LogP contribution in [0, 0.1) is 0 Å². The molecule has 0 spiro atoms. The summed E-state index contributed by atoms with van der Waals surface area (Å²) in [6.45, 7) is 2.65. The van der Waals surface area contributed by atoms with E-state index in [0.717, 1.165) is 16.8 Å². The van der Waals surface area contributed by atoms with Crippen molar-refractivity contribution in [2.75, 3.05) is 11.9 Å². The van der Waals surface area contributed by atoms with Crippen molar-refractivity contribution in [2.45, 2.75) is 13.0 Å². The summed E-state index contributed by atoms with van der Waals surface area (Å²) in [7, 11) is 0. The summed E-state index contributed by atoms with van der Waals surface area (Å²) in [6.07, 6.45) is 3.37. The summed E-state index contributed by atoms with van der Waals surface area (Å²) in [5.41, 5.74) is 6.49. The molecule has 2 aromatic heterocycles. The maximum atomic E-state index is 5.65. The second-order valence-electron chi connectivity index (χ2n) is 3.35. The molecule has 2 rings (SSSR count). The summed E-state index contributed by atoms with van der Waals surface area (Å²) < 4.78 is 5.25. The van der Waals surface area contributed by atoms with Crippen LogP contribution in [0.4, 0.5) is 5.82 Å². The van der Waals surface area contributed by atoms with Crippen molar-refractivity contribution in [3.63, 3.8) is 0 Å². The Kier molecular flexibility index (Phi) is 2.37. The molecule has 0 saturated heterocycles. The maximum Gasteiger partial charge on any atom is 0.139 e. The first-order valence-electron chi connectivity index (χ1n) is 4.59. The molecule has 0 amide bonds. The number of rotatable bonds is 3. The van der Waals surface area contributed by atoms with E-state index in [0.29, 0.717) is 6.54 Å². The number of anilines is 1. The first kappa shape index (κ1) is 9.02. The van der Waals surface area contributed by atoms with Gasteiger partial charge in [0.05, 0.1) is 11.6 Å². The van der Waals surface area contributed by atoms with Gasteiger partial charge in [-0.1, -0.05) is 0 Å². The van der Waals surface area contributed by atoms with Gasteiger partial charge in [-0.3, -0.25) is 0 Å². The number of nitrogens with zero attached hydrogens (tertiary/aromatic N) is 1. The zero-order chi connectivity index (χ0) is 9.97. The Labute approximate surface area is 82.1 Å². The summed E-state index contributed by atoms with van der Waals surface area (Å²) in [5, 5.41) is 4.17. The molecule has 1 unspecified atom stereocenters. The van der Waals surface area contributed by atoms with Crippen molar-refractivity contribution in [1.82, 2.24) is 4.98 Å². The van der Waals surface area contributed by atoms with Gasteiger partial charge in [-0.05, 0) is 19.1 Å². The van der Waals surface area contributed by atoms with Gasteiger partial charge >= 0.3 is 0 Å². The van der Waals surface area contributed by atoms with Gasteiger partial charge in [0, 0.05) is 18.8 Å². The monoisotopic (exact) mass is 191 g/mol. The van der Waals surface area contributed by atoms with Crippen LogP contribution in [0.5, 0.6) is 0 Å². The van der Waals surface area contributed by atoms with Gasteiger partial charge in [0.2, 0.25) is 0 Å². The molecular weight excluding hydrogens is 178 g/mol. The Morgan fingerprint density at radius 2 is 2.43 bits per heavy atom. The molecule has 14 heavy (non-hydrogen) atoms. The highest BCUT2D eigenvalue weighted by Gasteiger charge is 2.04. The van der Waals surface area contributed by atoms with Crippen LogP contribution in [0.3, 0.4) is 0 Å². The van der Waals surface area contributed by atoms with Crippen molar-refractivity contribution in [2.24, 2.45) is 5.73 Å². The molecule has 0 aliphatic carbocycles. The number of furan rings is 1. The second kappa shape index (κ2) is 3.67. The molecule has 4 nitrogen and oxygen atoms in total. The molecule has 0 bridgehead atoms. The molecule has 0 radical (unpaired) electrons. The standard InChI is InChI=1S/C10H13N3O/c1-7(11)6-13-10-8-3-5-14-9(8)2-4-12-10/h2-5,7H,6,11H2,1H3,(H,12,13). The number of pyridine rings is 1. The van der Waals surface area contributed by atoms with Gasteiger partial charge in [0.1, 0.15) is 11.4 Å². The summed E-state index contributed by atoms with van der Waals surface area (Å²) in [5.74, 6) is 0.827. The lowest BCUT2D eigenvalue weighted by atomic mass is 10.3. The highest BCUT2D eigenvalue weighted by atomic mass is 16.3. The summed E-state index contributed by atoms with van der Waals surface area (Å²) >= 11 is 0. The van der Waals surface area contributed by atoms with Crippen LogP contribution in [0.1, 0.15) is 6.92 Å². The Balaban J connectivity index is 2.27. The quantitative estimate of drug-likeness (QED) is 0.773. The highest BCUT2D eigenvalue weighted by molar-refractivity contribution is 5.87. The van der Waals surface area contributed by atoms with Crippen molar-refractivity contribution in [3.8, 4) is 0 Å². The second-order valence-corrected chi connectivity index (χ2v) is 3.35. The minimum atomic E-state index is 0.110. The van der Waals surface area contributed by atoms with E-state index in [9.17, 15) is 0 Å². The van der Waals surface area contributed by atoms with Crippen molar-refractivity contribution in [1.29, 1.82) is 0 Å². The topological polar surface area (TPSA) is 64.1 Å². The third-order valence-electron chi connectivity index (χ3n) is 1.97. The fourth-order valence-electron chi connectivity index (χ4n) is 1.29. The van der Waals surface area contributed by atoms with Gasteiger partial charge in [-0.15, -0.1) is 0 Å². The number of nitrogens with one attached hydrogen (secondary N) is 1. The predicted octanol–water partition coefficient (Wildman–Crippen LogP) is 1.59. The molecule has 4 heteroatoms. The van der Waals surface area contributed by atoms with Crippen molar-refractivity contribution < 1.29 is 4.42 Å². The minimum absolute atomic E-state index is 0.110. The summed E-state index contributed by atoms with van der Waals surface area (Å²) in [4.78, 5) is 4.22. The molecule has 2 heterocycles. The van der Waals surface area contributed by atoms with E-state index in [4.69, 9.17) is 10.2 Å². The normalized spacial score (nSPS) is 13.0. The Hall–Kier alpha value is -1.55. The lowest BCUT2D eigenvalue weighted by Gasteiger charge is -2.08. The SMILES string of the molecule is CC(N)CNc1nccc2occc12. The van der Waals surface area contributed by atoms with Crippen LogP contribution in [-0.4, -0.2) is 17.6 Å². The zero-order valence-electron chi connectivity index (χ0n) is 8.03. The highest BCUT2D eigenvalue weighted by Crippen LogP contribution is 2.21. The Morgan fingerprint density at radius 3 is 3.21 bits per heavy atom. The predicted molar refractivity (Wildman–Crippen MR) is 56.1 cm³/mol. The van der Waals surface area contributed by atoms with Gasteiger partial charge < -0.3 is 15.5 Å². The van der Waals surface area contributed by atoms with Crippen molar-refractivity contribution >= 4 is 16.8 Å². The number of nitrogens with two attached hydrogens (primary N) is 1. The first-order valence-corrected chi connectivity index (χ1v) is 4.59. The first-order chi connectivity index (χ1) is 6.77. The molecule has 0 aliphatic rings. The number of fused-ring (bicyclic) bond motifs is 1. The lowest BCUT2D eigenvalue weighted by molar-refractivity contribution is 0.615. The van der Waals surface area contributed by atoms with Crippen molar-refractivity contribution in [3.05, 3.63) is 24.6 Å². The van der Waals surface area contributed by atoms with Crippen LogP contribution in [0.25, 0.3) is 11.0 Å². The van der Waals surface area contributed by atoms with E-state index in [1.165, 1.54) is 0 Å². The largest absolute Gasteiger partial charge is 0.464 e. The van der Waals surface area contributed by atoms with Gasteiger partial charge in [0.15, 0.2) is 0 Å². The van der Waals surface area contributed by atoms with E-state index in [-0.39, 0.29) is 6.04 Å². The van der Waals surface area contributed by atoms with E-state index in [1.807, 2.05) is 19.1 Å². The summed E-state index contributed by atoms with van der Waals surface area (Å²) in [6, 6.07) is 3.84. The van der Waals surface area contributed by atoms with E-state index < -0.39 is 0 Å². The molecule has 1 atom stereocenters. The van der Waals surface area contributed by atoms with Gasteiger partial charge in [0.25, 0.3) is 0 Å². The number of aromatic nitrogens is 1. The van der Waals surface area contributed by atoms with E-state index in [1.54, 1.807) is 12.5 Å². The molecule has 2 aromatic rings. The van der Waals surface area contributed by atoms with Crippen LogP contribution < -0.4 is 11.1 Å². The molecule has 0 aromatic carbocycles. The van der Waals surface area contributed by atoms with Gasteiger partial charge in [-0.25, -0.2) is 4.98 Å². The third-order valence-corrected chi connectivity index (χ3v) is 1.97. The van der Waals surface area contributed by atoms with Crippen LogP contribution in [0.15, 0.2) is 29.0 Å². The zero-order valence-corrected chi connectivity index (χ0v) is 8.03. The number of hydrogen-bond donors (Lipinski definition) is 2. The number of hydrogen-bond acceptors (Lipinski definition) is 4. The Bertz CT molecular complexity index is 422. The van der Waals surface area contributed by atoms with E-state index in [2.05, 4.69) is 10.3 Å².